The van der Waals surface area contributed by atoms with Gasteiger partial charge in [-0.15, -0.1) is 0 Å². The second-order valence-corrected chi connectivity index (χ2v) is 8.72. The lowest BCUT2D eigenvalue weighted by molar-refractivity contribution is 0.0924. The quantitative estimate of drug-likeness (QED) is 0.285. The normalized spacial score (nSPS) is 13.9. The molecule has 5 heteroatoms. The van der Waals surface area contributed by atoms with Crippen molar-refractivity contribution in [2.75, 3.05) is 40.3 Å². The van der Waals surface area contributed by atoms with Gasteiger partial charge in [-0.1, -0.05) is 97.4 Å². The molecule has 0 spiro atoms. The fourth-order valence-electron chi connectivity index (χ4n) is 4.62. The first kappa shape index (κ1) is 36.8. The number of carbonyl (C=O) groups excluding carboxylic acids is 1. The molecule has 2 rings (SSSR count). The third-order valence-corrected chi connectivity index (χ3v) is 6.41. The van der Waals surface area contributed by atoms with Gasteiger partial charge in [-0.2, -0.15) is 0 Å². The average Bonchev–Trinajstić information content (AvgIpc) is 2.97. The zero-order valence-corrected chi connectivity index (χ0v) is 25.1. The van der Waals surface area contributed by atoms with Crippen LogP contribution in [-0.4, -0.2) is 51.1 Å². The molecule has 0 heterocycles. The minimum absolute atomic E-state index is 0.0497. The lowest BCUT2D eigenvalue weighted by atomic mass is 9.68. The largest absolute Gasteiger partial charge is 0.496 e. The molecule has 1 saturated carbocycles. The van der Waals surface area contributed by atoms with Crippen LogP contribution in [-0.2, 0) is 0 Å². The Morgan fingerprint density at radius 2 is 1.62 bits per heavy atom. The van der Waals surface area contributed by atoms with E-state index in [1.54, 1.807) is 25.3 Å². The van der Waals surface area contributed by atoms with E-state index in [9.17, 15) is 4.79 Å². The first-order valence-corrected chi connectivity index (χ1v) is 14.2. The van der Waals surface area contributed by atoms with Crippen molar-refractivity contribution in [3.05, 3.63) is 66.8 Å². The molecule has 3 N–H and O–H groups in total. The minimum atomic E-state index is -0.0978. The molecular weight excluding hydrogens is 458 g/mol. The maximum Gasteiger partial charge on any atom is 0.255 e. The van der Waals surface area contributed by atoms with E-state index in [0.29, 0.717) is 17.9 Å². The second-order valence-electron chi connectivity index (χ2n) is 8.72. The van der Waals surface area contributed by atoms with Gasteiger partial charge in [-0.25, -0.2) is 0 Å². The topological polar surface area (TPSA) is 67.6 Å². The molecule has 0 atom stereocenters. The van der Waals surface area contributed by atoms with Crippen molar-refractivity contribution in [1.82, 2.24) is 10.2 Å². The van der Waals surface area contributed by atoms with Crippen molar-refractivity contribution < 1.29 is 9.53 Å². The Kier molecular flexibility index (Phi) is 23.9. The van der Waals surface area contributed by atoms with E-state index in [1.165, 1.54) is 58.8 Å². The summed E-state index contributed by atoms with van der Waals surface area (Å²) >= 11 is 0. The molecule has 1 aliphatic carbocycles. The summed E-state index contributed by atoms with van der Waals surface area (Å²) in [5.41, 5.74) is 6.18. The number of para-hydroxylation sites is 1. The third kappa shape index (κ3) is 13.7. The van der Waals surface area contributed by atoms with E-state index >= 15 is 0 Å². The third-order valence-electron chi connectivity index (χ3n) is 6.41. The molecule has 1 aliphatic rings. The zero-order valence-electron chi connectivity index (χ0n) is 25.1. The molecule has 37 heavy (non-hydrogen) atoms. The Balaban J connectivity index is 0. The van der Waals surface area contributed by atoms with E-state index in [1.807, 2.05) is 38.1 Å². The second kappa shape index (κ2) is 24.0. The van der Waals surface area contributed by atoms with Gasteiger partial charge >= 0.3 is 0 Å². The molecule has 0 saturated heterocycles. The summed E-state index contributed by atoms with van der Waals surface area (Å²) in [5.74, 6) is 0.498. The van der Waals surface area contributed by atoms with Crippen LogP contribution in [0, 0.1) is 5.41 Å². The van der Waals surface area contributed by atoms with Gasteiger partial charge in [0, 0.05) is 12.0 Å². The number of nitrogens with zero attached hydrogens (tertiary/aromatic N) is 1. The SMILES string of the molecule is C=C/C=C(\C=C)C1(CNC(=O)c2ccccc2OC)CCCCC1.CC.CCCN(CC)CCC.CN. The van der Waals surface area contributed by atoms with Crippen LogP contribution >= 0.6 is 0 Å². The molecule has 0 unspecified atom stereocenters. The van der Waals surface area contributed by atoms with Crippen LogP contribution in [0.1, 0.15) is 89.9 Å². The summed E-state index contributed by atoms with van der Waals surface area (Å²) in [6.45, 7) is 22.8. The lowest BCUT2D eigenvalue weighted by Crippen LogP contribution is -2.40. The van der Waals surface area contributed by atoms with Gasteiger partial charge in [-0.3, -0.25) is 4.79 Å². The standard InChI is InChI=1S/C21H27NO2.C8H19N.C2H6.CH5N/c1-4-11-17(5-2)21(14-9-6-10-15-21)16-22-20(23)18-12-7-8-13-19(18)24-3;1-4-7-9(6-3)8-5-2;2*1-2/h4-5,7-8,11-13H,1-2,6,9-10,14-16H2,3H3,(H,22,23);4-8H2,1-3H3;1-2H3;2H2,1H3/b17-11+;;;. The van der Waals surface area contributed by atoms with Crippen LogP contribution in [0.5, 0.6) is 5.75 Å². The highest BCUT2D eigenvalue weighted by molar-refractivity contribution is 5.96. The van der Waals surface area contributed by atoms with Gasteiger partial charge in [0.05, 0.1) is 12.7 Å². The summed E-state index contributed by atoms with van der Waals surface area (Å²) in [7, 11) is 3.08. The summed E-state index contributed by atoms with van der Waals surface area (Å²) in [4.78, 5) is 15.1. The van der Waals surface area contributed by atoms with Crippen LogP contribution in [0.2, 0.25) is 0 Å². The van der Waals surface area contributed by atoms with Crippen molar-refractivity contribution in [2.45, 2.75) is 79.6 Å². The predicted molar refractivity (Wildman–Crippen MR) is 163 cm³/mol. The number of amides is 1. The van der Waals surface area contributed by atoms with Crippen LogP contribution in [0.15, 0.2) is 61.2 Å². The Hall–Kier alpha value is -2.37. The fraction of sp³-hybridized carbons (Fsp3) is 0.594. The molecular formula is C32H57N3O2. The fourth-order valence-corrected chi connectivity index (χ4v) is 4.62. The van der Waals surface area contributed by atoms with Crippen molar-refractivity contribution in [3.63, 3.8) is 0 Å². The number of hydrogen-bond acceptors (Lipinski definition) is 4. The number of nitrogens with one attached hydrogen (secondary N) is 1. The van der Waals surface area contributed by atoms with Gasteiger partial charge in [0.2, 0.25) is 0 Å². The molecule has 1 fully saturated rings. The Bertz CT molecular complexity index is 746. The van der Waals surface area contributed by atoms with E-state index < -0.39 is 0 Å². The number of benzene rings is 1. The average molecular weight is 516 g/mol. The van der Waals surface area contributed by atoms with Crippen LogP contribution < -0.4 is 15.8 Å². The molecule has 5 nitrogen and oxygen atoms in total. The summed E-state index contributed by atoms with van der Waals surface area (Å²) < 4.78 is 5.29. The van der Waals surface area contributed by atoms with Crippen molar-refractivity contribution >= 4 is 5.91 Å². The van der Waals surface area contributed by atoms with Gasteiger partial charge < -0.3 is 20.7 Å². The molecule has 0 aromatic heterocycles. The number of nitrogens with two attached hydrogens (primary N) is 1. The van der Waals surface area contributed by atoms with Gasteiger partial charge in [0.15, 0.2) is 0 Å². The first-order chi connectivity index (χ1) is 18.0. The highest BCUT2D eigenvalue weighted by Crippen LogP contribution is 2.42. The smallest absolute Gasteiger partial charge is 0.255 e. The van der Waals surface area contributed by atoms with E-state index in [-0.39, 0.29) is 11.3 Å². The Labute approximate surface area is 229 Å². The van der Waals surface area contributed by atoms with Crippen LogP contribution in [0.3, 0.4) is 0 Å². The van der Waals surface area contributed by atoms with Crippen LogP contribution in [0.25, 0.3) is 0 Å². The van der Waals surface area contributed by atoms with Crippen molar-refractivity contribution in [3.8, 4) is 5.75 Å². The van der Waals surface area contributed by atoms with Gasteiger partial charge in [0.1, 0.15) is 5.75 Å². The zero-order chi connectivity index (χ0) is 28.5. The highest BCUT2D eigenvalue weighted by atomic mass is 16.5. The molecule has 0 bridgehead atoms. The minimum Gasteiger partial charge on any atom is -0.496 e. The first-order valence-electron chi connectivity index (χ1n) is 14.2. The van der Waals surface area contributed by atoms with E-state index in [2.05, 4.69) is 49.9 Å². The highest BCUT2D eigenvalue weighted by Gasteiger charge is 2.34. The maximum absolute atomic E-state index is 12.6. The number of allylic oxidation sites excluding steroid dienone is 3. The van der Waals surface area contributed by atoms with E-state index in [0.717, 1.165) is 18.4 Å². The number of ether oxygens (including phenoxy) is 1. The van der Waals surface area contributed by atoms with Crippen molar-refractivity contribution in [2.24, 2.45) is 11.1 Å². The monoisotopic (exact) mass is 515 g/mol. The number of carbonyl (C=O) groups is 1. The summed E-state index contributed by atoms with van der Waals surface area (Å²) in [5, 5.41) is 3.12. The van der Waals surface area contributed by atoms with E-state index in [4.69, 9.17) is 4.74 Å². The molecule has 0 aliphatic heterocycles. The van der Waals surface area contributed by atoms with Gasteiger partial charge in [-0.05, 0) is 70.1 Å². The molecule has 212 valence electrons. The van der Waals surface area contributed by atoms with Gasteiger partial charge in [0.25, 0.3) is 5.91 Å². The molecule has 0 radical (unpaired) electrons. The van der Waals surface area contributed by atoms with Crippen LogP contribution in [0.4, 0.5) is 0 Å². The predicted octanol–water partition coefficient (Wildman–Crippen LogP) is 7.40. The number of hydrogen-bond donors (Lipinski definition) is 2. The summed E-state index contributed by atoms with van der Waals surface area (Å²) in [6, 6.07) is 7.30. The number of rotatable bonds is 12. The molecule has 1 aromatic rings. The Morgan fingerprint density at radius 1 is 1.05 bits per heavy atom. The summed E-state index contributed by atoms with van der Waals surface area (Å²) in [6.07, 6.45) is 14.0. The van der Waals surface area contributed by atoms with Crippen molar-refractivity contribution in [1.29, 1.82) is 0 Å². The number of methoxy groups -OCH3 is 1. The molecule has 1 aromatic carbocycles. The maximum atomic E-state index is 12.6. The lowest BCUT2D eigenvalue weighted by Gasteiger charge is -2.39. The Morgan fingerprint density at radius 3 is 2.08 bits per heavy atom. The molecule has 1 amide bonds.